The van der Waals surface area contributed by atoms with Crippen LogP contribution in [-0.2, 0) is 4.79 Å². The minimum atomic E-state index is -0.309. The summed E-state index contributed by atoms with van der Waals surface area (Å²) < 4.78 is 0. The van der Waals surface area contributed by atoms with Gasteiger partial charge < -0.3 is 10.6 Å². The van der Waals surface area contributed by atoms with Crippen LogP contribution in [0.3, 0.4) is 0 Å². The second-order valence-electron chi connectivity index (χ2n) is 4.39. The molecule has 0 radical (unpaired) electrons. The van der Waals surface area contributed by atoms with E-state index in [1.165, 1.54) is 4.90 Å². The van der Waals surface area contributed by atoms with Crippen LogP contribution in [0.4, 0.5) is 4.79 Å². The molecule has 0 aromatic carbocycles. The van der Waals surface area contributed by atoms with Crippen molar-refractivity contribution in [1.82, 2.24) is 15.5 Å². The van der Waals surface area contributed by atoms with E-state index in [9.17, 15) is 9.59 Å². The number of urea groups is 1. The van der Waals surface area contributed by atoms with Crippen molar-refractivity contribution < 1.29 is 9.59 Å². The Bertz CT molecular complexity index is 266. The molecule has 2 N–H and O–H groups in total. The molecule has 0 aliphatic carbocycles. The summed E-state index contributed by atoms with van der Waals surface area (Å²) in [4.78, 5) is 24.6. The Labute approximate surface area is 96.6 Å². The number of carbonyl (C=O) groups is 2. The van der Waals surface area contributed by atoms with Gasteiger partial charge in [-0.25, -0.2) is 4.79 Å². The Morgan fingerprint density at radius 3 is 2.69 bits per heavy atom. The van der Waals surface area contributed by atoms with Crippen LogP contribution in [0.5, 0.6) is 0 Å². The summed E-state index contributed by atoms with van der Waals surface area (Å²) in [7, 11) is 0. The molecule has 1 rings (SSSR count). The van der Waals surface area contributed by atoms with Crippen LogP contribution in [-0.4, -0.2) is 42.0 Å². The fraction of sp³-hybridized carbons (Fsp3) is 0.818. The monoisotopic (exact) mass is 227 g/mol. The lowest BCUT2D eigenvalue weighted by Crippen LogP contribution is -2.39. The number of carbonyl (C=O) groups excluding carboxylic acids is 2. The normalized spacial score (nSPS) is 20.8. The average molecular weight is 227 g/mol. The van der Waals surface area contributed by atoms with E-state index < -0.39 is 0 Å². The standard InChI is InChI=1S/C11H21N3O2/c1-4-5-9-10(15)14(11(16)13-9)7-6-12-8(2)3/h8-9,12H,4-7H2,1-3H3,(H,13,16). The number of nitrogens with one attached hydrogen (secondary N) is 2. The van der Waals surface area contributed by atoms with Gasteiger partial charge in [0.2, 0.25) is 0 Å². The highest BCUT2D eigenvalue weighted by atomic mass is 16.2. The third kappa shape index (κ3) is 3.20. The molecular formula is C11H21N3O2. The van der Waals surface area contributed by atoms with Gasteiger partial charge in [-0.3, -0.25) is 9.69 Å². The van der Waals surface area contributed by atoms with Crippen molar-refractivity contribution in [3.63, 3.8) is 0 Å². The number of hydrogen-bond donors (Lipinski definition) is 2. The molecule has 92 valence electrons. The van der Waals surface area contributed by atoms with Crippen molar-refractivity contribution in [3.05, 3.63) is 0 Å². The Hall–Kier alpha value is -1.10. The van der Waals surface area contributed by atoms with E-state index in [0.29, 0.717) is 19.1 Å². The molecule has 0 bridgehead atoms. The quantitative estimate of drug-likeness (QED) is 0.657. The maximum atomic E-state index is 11.8. The summed E-state index contributed by atoms with van der Waals surface area (Å²) in [6.45, 7) is 7.17. The largest absolute Gasteiger partial charge is 0.326 e. The van der Waals surface area contributed by atoms with Crippen molar-refractivity contribution in [2.75, 3.05) is 13.1 Å². The first-order chi connectivity index (χ1) is 7.56. The predicted octanol–water partition coefficient (Wildman–Crippen LogP) is 0.705. The molecule has 3 amide bonds. The van der Waals surface area contributed by atoms with Crippen LogP contribution in [0.2, 0.25) is 0 Å². The molecule has 1 unspecified atom stereocenters. The maximum Gasteiger partial charge on any atom is 0.324 e. The van der Waals surface area contributed by atoms with E-state index in [1.54, 1.807) is 0 Å². The fourth-order valence-corrected chi connectivity index (χ4v) is 1.74. The summed E-state index contributed by atoms with van der Waals surface area (Å²) in [5.41, 5.74) is 0. The van der Waals surface area contributed by atoms with E-state index in [-0.39, 0.29) is 18.0 Å². The fourth-order valence-electron chi connectivity index (χ4n) is 1.74. The van der Waals surface area contributed by atoms with Crippen molar-refractivity contribution >= 4 is 11.9 Å². The second kappa shape index (κ2) is 5.84. The smallest absolute Gasteiger partial charge is 0.324 e. The highest BCUT2D eigenvalue weighted by Crippen LogP contribution is 2.10. The van der Waals surface area contributed by atoms with Crippen LogP contribution >= 0.6 is 0 Å². The molecule has 1 aliphatic heterocycles. The number of amides is 3. The van der Waals surface area contributed by atoms with Crippen LogP contribution in [0.15, 0.2) is 0 Å². The molecule has 0 spiro atoms. The van der Waals surface area contributed by atoms with Gasteiger partial charge in [-0.15, -0.1) is 0 Å². The summed E-state index contributed by atoms with van der Waals surface area (Å²) in [5.74, 6) is -0.0857. The van der Waals surface area contributed by atoms with Gasteiger partial charge in [-0.05, 0) is 6.42 Å². The number of imide groups is 1. The van der Waals surface area contributed by atoms with Crippen LogP contribution < -0.4 is 10.6 Å². The molecule has 0 aromatic rings. The maximum absolute atomic E-state index is 11.8. The zero-order chi connectivity index (χ0) is 12.1. The van der Waals surface area contributed by atoms with Gasteiger partial charge in [0.1, 0.15) is 6.04 Å². The van der Waals surface area contributed by atoms with E-state index in [2.05, 4.69) is 10.6 Å². The SMILES string of the molecule is CCCC1NC(=O)N(CCNC(C)C)C1=O. The first kappa shape index (κ1) is 13.0. The van der Waals surface area contributed by atoms with Gasteiger partial charge in [0.05, 0.1) is 0 Å². The summed E-state index contributed by atoms with van der Waals surface area (Å²) in [5, 5.41) is 5.89. The van der Waals surface area contributed by atoms with Gasteiger partial charge in [0.25, 0.3) is 5.91 Å². The average Bonchev–Trinajstić information content (AvgIpc) is 2.45. The van der Waals surface area contributed by atoms with Crippen LogP contribution in [0, 0.1) is 0 Å². The zero-order valence-electron chi connectivity index (χ0n) is 10.2. The first-order valence-electron chi connectivity index (χ1n) is 5.91. The lowest BCUT2D eigenvalue weighted by molar-refractivity contribution is -0.127. The highest BCUT2D eigenvalue weighted by molar-refractivity contribution is 6.04. The molecule has 1 fully saturated rings. The summed E-state index contributed by atoms with van der Waals surface area (Å²) >= 11 is 0. The topological polar surface area (TPSA) is 61.4 Å². The Morgan fingerprint density at radius 2 is 2.12 bits per heavy atom. The van der Waals surface area contributed by atoms with Gasteiger partial charge in [-0.2, -0.15) is 0 Å². The molecule has 0 aromatic heterocycles. The number of nitrogens with zero attached hydrogens (tertiary/aromatic N) is 1. The van der Waals surface area contributed by atoms with Crippen molar-refractivity contribution in [2.24, 2.45) is 0 Å². The Morgan fingerprint density at radius 1 is 1.44 bits per heavy atom. The lowest BCUT2D eigenvalue weighted by Gasteiger charge is -2.14. The molecular weight excluding hydrogens is 206 g/mol. The first-order valence-corrected chi connectivity index (χ1v) is 5.91. The molecule has 16 heavy (non-hydrogen) atoms. The van der Waals surface area contributed by atoms with Gasteiger partial charge >= 0.3 is 6.03 Å². The summed E-state index contributed by atoms with van der Waals surface area (Å²) in [6.07, 6.45) is 1.62. The third-order valence-electron chi connectivity index (χ3n) is 2.57. The molecule has 1 heterocycles. The number of hydrogen-bond acceptors (Lipinski definition) is 3. The number of rotatable bonds is 6. The molecule has 5 heteroatoms. The van der Waals surface area contributed by atoms with Crippen molar-refractivity contribution in [1.29, 1.82) is 0 Å². The molecule has 1 aliphatic rings. The highest BCUT2D eigenvalue weighted by Gasteiger charge is 2.36. The predicted molar refractivity (Wildman–Crippen MR) is 62.1 cm³/mol. The van der Waals surface area contributed by atoms with E-state index in [4.69, 9.17) is 0 Å². The molecule has 1 saturated heterocycles. The van der Waals surface area contributed by atoms with Gasteiger partial charge in [0, 0.05) is 19.1 Å². The Balaban J connectivity index is 2.41. The third-order valence-corrected chi connectivity index (χ3v) is 2.57. The molecule has 1 atom stereocenters. The van der Waals surface area contributed by atoms with Gasteiger partial charge in [-0.1, -0.05) is 27.2 Å². The van der Waals surface area contributed by atoms with Crippen LogP contribution in [0.1, 0.15) is 33.6 Å². The summed E-state index contributed by atoms with van der Waals surface area (Å²) in [6, 6.07) is -0.197. The lowest BCUT2D eigenvalue weighted by atomic mass is 10.2. The van der Waals surface area contributed by atoms with E-state index >= 15 is 0 Å². The second-order valence-corrected chi connectivity index (χ2v) is 4.39. The van der Waals surface area contributed by atoms with Crippen LogP contribution in [0.25, 0.3) is 0 Å². The minimum Gasteiger partial charge on any atom is -0.326 e. The van der Waals surface area contributed by atoms with E-state index in [1.807, 2.05) is 20.8 Å². The zero-order valence-corrected chi connectivity index (χ0v) is 10.2. The Kier molecular flexibility index (Phi) is 4.73. The van der Waals surface area contributed by atoms with Crippen molar-refractivity contribution in [2.45, 2.75) is 45.7 Å². The van der Waals surface area contributed by atoms with Gasteiger partial charge in [0.15, 0.2) is 0 Å². The molecule has 0 saturated carbocycles. The minimum absolute atomic E-state index is 0.0857. The van der Waals surface area contributed by atoms with E-state index in [0.717, 1.165) is 12.8 Å². The molecule has 5 nitrogen and oxygen atoms in total. The van der Waals surface area contributed by atoms with Crippen molar-refractivity contribution in [3.8, 4) is 0 Å².